The first-order valence-corrected chi connectivity index (χ1v) is 13.6. The summed E-state index contributed by atoms with van der Waals surface area (Å²) in [7, 11) is 0. The zero-order chi connectivity index (χ0) is 30.4. The van der Waals surface area contributed by atoms with Gasteiger partial charge in [0, 0.05) is 49.0 Å². The molecule has 1 aromatic heterocycles. The molecule has 2 aliphatic rings. The van der Waals surface area contributed by atoms with Crippen molar-refractivity contribution in [1.29, 1.82) is 0 Å². The summed E-state index contributed by atoms with van der Waals surface area (Å²) < 4.78 is 5.70. The Balaban J connectivity index is 0.000000302. The van der Waals surface area contributed by atoms with Crippen molar-refractivity contribution in [2.75, 3.05) is 6.61 Å². The fourth-order valence-electron chi connectivity index (χ4n) is 5.85. The highest BCUT2D eigenvalue weighted by atomic mass is 16.5. The number of hydrogen-bond donors (Lipinski definition) is 5. The molecule has 1 fully saturated rings. The first-order chi connectivity index (χ1) is 19.1. The molecule has 3 heterocycles. The van der Waals surface area contributed by atoms with E-state index in [0.29, 0.717) is 6.04 Å². The summed E-state index contributed by atoms with van der Waals surface area (Å²) in [6.45, 7) is 12.1. The predicted molar refractivity (Wildman–Crippen MR) is 151 cm³/mol. The Kier molecular flexibility index (Phi) is 10.1. The summed E-state index contributed by atoms with van der Waals surface area (Å²) in [6, 6.07) is 11.5. The summed E-state index contributed by atoms with van der Waals surface area (Å²) >= 11 is 0. The largest absolute Gasteiger partial charge is 0.493 e. The molecule has 4 rings (SSSR count). The van der Waals surface area contributed by atoms with Gasteiger partial charge in [-0.05, 0) is 75.4 Å². The highest BCUT2D eigenvalue weighted by Crippen LogP contribution is 2.34. The number of nitrogens with zero attached hydrogens (tertiary/aromatic N) is 2. The molecular weight excluding hydrogens is 530 g/mol. The van der Waals surface area contributed by atoms with Crippen molar-refractivity contribution in [1.82, 2.24) is 15.2 Å². The van der Waals surface area contributed by atoms with E-state index in [1.807, 2.05) is 12.4 Å². The molecule has 11 heteroatoms. The Morgan fingerprint density at radius 3 is 2.05 bits per heavy atom. The standard InChI is InChI=1S/C24H33N3O.C6H8O7/c1-23(2)14-21(15-24(3,4)26-23)27(16-18-7-10-25-11-8-18)17-19-5-6-22-20(13-19)9-12-28-22;7-3(8)1-6(13,5(11)12)2-4(9)10/h5-8,10-11,13,21,26H,9,12,14-17H2,1-4H3;13H,1-2H2,(H,7,8)(H,9,10)(H,11,12). The number of fused-ring (bicyclic) bond motifs is 1. The third kappa shape index (κ3) is 9.51. The number of rotatable bonds is 10. The van der Waals surface area contributed by atoms with Crippen molar-refractivity contribution in [3.8, 4) is 5.75 Å². The maximum absolute atomic E-state index is 10.3. The Hall–Kier alpha value is -3.54. The fourth-order valence-corrected chi connectivity index (χ4v) is 5.85. The Morgan fingerprint density at radius 1 is 0.951 bits per heavy atom. The van der Waals surface area contributed by atoms with Crippen LogP contribution < -0.4 is 10.1 Å². The van der Waals surface area contributed by atoms with Gasteiger partial charge in [0.2, 0.25) is 0 Å². The lowest BCUT2D eigenvalue weighted by Gasteiger charge is -2.49. The minimum absolute atomic E-state index is 0.134. The molecule has 0 aliphatic carbocycles. The van der Waals surface area contributed by atoms with Crippen LogP contribution in [0.25, 0.3) is 0 Å². The van der Waals surface area contributed by atoms with Gasteiger partial charge in [-0.1, -0.05) is 12.1 Å². The van der Waals surface area contributed by atoms with E-state index in [4.69, 9.17) is 25.2 Å². The molecule has 0 radical (unpaired) electrons. The van der Waals surface area contributed by atoms with Crippen molar-refractivity contribution < 1.29 is 39.5 Å². The second-order valence-corrected chi connectivity index (χ2v) is 12.2. The van der Waals surface area contributed by atoms with Crippen LogP contribution in [-0.4, -0.2) is 77.5 Å². The summed E-state index contributed by atoms with van der Waals surface area (Å²) in [5.41, 5.74) is 1.59. The van der Waals surface area contributed by atoms with Crippen LogP contribution in [0.5, 0.6) is 5.75 Å². The summed E-state index contributed by atoms with van der Waals surface area (Å²) in [6.07, 6.45) is 4.84. The van der Waals surface area contributed by atoms with Crippen molar-refractivity contribution in [3.63, 3.8) is 0 Å². The maximum Gasteiger partial charge on any atom is 0.336 e. The van der Waals surface area contributed by atoms with Gasteiger partial charge in [0.25, 0.3) is 0 Å². The molecule has 2 aliphatic heterocycles. The molecular formula is C30H41N3O8. The van der Waals surface area contributed by atoms with Gasteiger partial charge in [-0.15, -0.1) is 0 Å². The van der Waals surface area contributed by atoms with E-state index in [1.54, 1.807) is 0 Å². The van der Waals surface area contributed by atoms with Gasteiger partial charge in [-0.25, -0.2) is 4.79 Å². The number of aromatic nitrogens is 1. The fraction of sp³-hybridized carbons (Fsp3) is 0.533. The smallest absolute Gasteiger partial charge is 0.336 e. The van der Waals surface area contributed by atoms with Gasteiger partial charge < -0.3 is 30.5 Å². The van der Waals surface area contributed by atoms with Gasteiger partial charge in [0.15, 0.2) is 5.60 Å². The van der Waals surface area contributed by atoms with Crippen LogP contribution in [0, 0.1) is 0 Å². The second-order valence-electron chi connectivity index (χ2n) is 12.2. The van der Waals surface area contributed by atoms with Crippen LogP contribution in [0.3, 0.4) is 0 Å². The van der Waals surface area contributed by atoms with Gasteiger partial charge >= 0.3 is 17.9 Å². The van der Waals surface area contributed by atoms with Crippen molar-refractivity contribution in [2.45, 2.75) is 95.6 Å². The molecule has 0 spiro atoms. The number of pyridine rings is 1. The Morgan fingerprint density at radius 2 is 1.51 bits per heavy atom. The van der Waals surface area contributed by atoms with Gasteiger partial charge in [0.1, 0.15) is 5.75 Å². The van der Waals surface area contributed by atoms with Crippen molar-refractivity contribution in [2.24, 2.45) is 0 Å². The van der Waals surface area contributed by atoms with Crippen LogP contribution in [0.1, 0.15) is 70.1 Å². The van der Waals surface area contributed by atoms with Crippen LogP contribution >= 0.6 is 0 Å². The Labute approximate surface area is 240 Å². The monoisotopic (exact) mass is 571 g/mol. The van der Waals surface area contributed by atoms with E-state index < -0.39 is 36.4 Å². The molecule has 41 heavy (non-hydrogen) atoms. The molecule has 0 bridgehead atoms. The van der Waals surface area contributed by atoms with E-state index in [1.165, 1.54) is 16.7 Å². The summed E-state index contributed by atoms with van der Waals surface area (Å²) in [5.74, 6) is -3.96. The van der Waals surface area contributed by atoms with E-state index in [-0.39, 0.29) is 11.1 Å². The van der Waals surface area contributed by atoms with Crippen LogP contribution in [0.2, 0.25) is 0 Å². The van der Waals surface area contributed by atoms with Gasteiger partial charge in [-0.3, -0.25) is 19.5 Å². The average molecular weight is 572 g/mol. The SMILES string of the molecule is CC1(C)CC(N(Cc2ccncc2)Cc2ccc3c(c2)CCO3)CC(C)(C)N1.O=C(O)CC(O)(CC(=O)O)C(=O)O. The molecule has 5 N–H and O–H groups in total. The number of aliphatic hydroxyl groups is 1. The van der Waals surface area contributed by atoms with Crippen molar-refractivity contribution in [3.05, 3.63) is 59.4 Å². The zero-order valence-electron chi connectivity index (χ0n) is 24.1. The number of aliphatic carboxylic acids is 3. The number of carboxylic acid groups (broad SMARTS) is 3. The molecule has 1 saturated heterocycles. The van der Waals surface area contributed by atoms with Crippen LogP contribution in [0.4, 0.5) is 0 Å². The van der Waals surface area contributed by atoms with Gasteiger partial charge in [-0.2, -0.15) is 0 Å². The molecule has 0 amide bonds. The highest BCUT2D eigenvalue weighted by molar-refractivity contribution is 5.88. The molecule has 224 valence electrons. The first-order valence-electron chi connectivity index (χ1n) is 13.6. The number of benzene rings is 1. The molecule has 11 nitrogen and oxygen atoms in total. The molecule has 1 aromatic carbocycles. The normalized spacial score (nSPS) is 17.6. The zero-order valence-corrected chi connectivity index (χ0v) is 24.1. The van der Waals surface area contributed by atoms with E-state index >= 15 is 0 Å². The average Bonchev–Trinajstić information content (AvgIpc) is 3.30. The molecule has 0 unspecified atom stereocenters. The first kappa shape index (κ1) is 32.0. The molecule has 2 aromatic rings. The van der Waals surface area contributed by atoms with Crippen LogP contribution in [0.15, 0.2) is 42.7 Å². The summed E-state index contributed by atoms with van der Waals surface area (Å²) in [4.78, 5) is 37.3. The predicted octanol–water partition coefficient (Wildman–Crippen LogP) is 3.08. The van der Waals surface area contributed by atoms with E-state index in [9.17, 15) is 14.4 Å². The lowest BCUT2D eigenvalue weighted by atomic mass is 9.78. The number of hydrogen-bond acceptors (Lipinski definition) is 8. The number of ether oxygens (including phenoxy) is 1. The topological polar surface area (TPSA) is 170 Å². The highest BCUT2D eigenvalue weighted by Gasteiger charge is 2.41. The lowest BCUT2D eigenvalue weighted by molar-refractivity contribution is -0.170. The second kappa shape index (κ2) is 13.0. The van der Waals surface area contributed by atoms with E-state index in [2.05, 4.69) is 73.2 Å². The van der Waals surface area contributed by atoms with Crippen LogP contribution in [-0.2, 0) is 33.9 Å². The summed E-state index contributed by atoms with van der Waals surface area (Å²) in [5, 5.41) is 37.6. The lowest BCUT2D eigenvalue weighted by Crippen LogP contribution is -2.62. The Bertz CT molecular complexity index is 1200. The van der Waals surface area contributed by atoms with Gasteiger partial charge in [0.05, 0.1) is 19.4 Å². The molecule has 0 saturated carbocycles. The quantitative estimate of drug-likeness (QED) is 0.284. The number of nitrogens with one attached hydrogen (secondary N) is 1. The minimum atomic E-state index is -2.74. The third-order valence-electron chi connectivity index (χ3n) is 7.25. The van der Waals surface area contributed by atoms with E-state index in [0.717, 1.165) is 44.7 Å². The number of piperidine rings is 1. The minimum Gasteiger partial charge on any atom is -0.493 e. The third-order valence-corrected chi connectivity index (χ3v) is 7.25. The maximum atomic E-state index is 10.3. The van der Waals surface area contributed by atoms with Crippen molar-refractivity contribution >= 4 is 17.9 Å². The number of carbonyl (C=O) groups is 3. The molecule has 0 atom stereocenters. The number of carboxylic acids is 3.